The molecule has 0 saturated carbocycles. The fourth-order valence-electron chi connectivity index (χ4n) is 1.37. The number of nitrogens with zero attached hydrogens (tertiary/aromatic N) is 2. The number of aryl methyl sites for hydroxylation is 1. The van der Waals surface area contributed by atoms with Crippen LogP contribution in [0, 0.1) is 12.7 Å². The average molecular weight is 246 g/mol. The zero-order chi connectivity index (χ0) is 13.0. The van der Waals surface area contributed by atoms with Crippen LogP contribution in [0.25, 0.3) is 0 Å². The van der Waals surface area contributed by atoms with Crippen LogP contribution < -0.4 is 11.0 Å². The Morgan fingerprint density at radius 1 is 1.44 bits per heavy atom. The van der Waals surface area contributed by atoms with Crippen LogP contribution in [0.1, 0.15) is 11.3 Å². The standard InChI is InChI=1S/C12H11FN4O/c1-8-6-11(18)16-12(15-8)17-14-7-9-4-2-3-5-10(9)13/h2-7H,1H3,(H2,15,16,17,18)/b14-7-. The van der Waals surface area contributed by atoms with Crippen molar-refractivity contribution in [2.75, 3.05) is 5.43 Å². The summed E-state index contributed by atoms with van der Waals surface area (Å²) < 4.78 is 13.3. The zero-order valence-corrected chi connectivity index (χ0v) is 9.64. The summed E-state index contributed by atoms with van der Waals surface area (Å²) in [6.45, 7) is 1.70. The molecule has 0 amide bonds. The first-order valence-corrected chi connectivity index (χ1v) is 5.27. The predicted octanol–water partition coefficient (Wildman–Crippen LogP) is 1.66. The van der Waals surface area contributed by atoms with Crippen molar-refractivity contribution >= 4 is 12.2 Å². The topological polar surface area (TPSA) is 70.1 Å². The molecular formula is C12H11FN4O. The minimum atomic E-state index is -0.367. The molecule has 1 aromatic heterocycles. The summed E-state index contributed by atoms with van der Waals surface area (Å²) in [5, 5.41) is 3.81. The molecule has 5 nitrogen and oxygen atoms in total. The quantitative estimate of drug-likeness (QED) is 0.639. The highest BCUT2D eigenvalue weighted by molar-refractivity contribution is 5.80. The van der Waals surface area contributed by atoms with Crippen molar-refractivity contribution in [3.05, 3.63) is 57.8 Å². The molecule has 0 atom stereocenters. The molecule has 0 unspecified atom stereocenters. The van der Waals surface area contributed by atoms with Gasteiger partial charge in [-0.25, -0.2) is 14.8 Å². The summed E-state index contributed by atoms with van der Waals surface area (Å²) in [7, 11) is 0. The first-order chi connectivity index (χ1) is 8.65. The summed E-state index contributed by atoms with van der Waals surface area (Å²) in [5.41, 5.74) is 3.18. The molecule has 6 heteroatoms. The van der Waals surface area contributed by atoms with Gasteiger partial charge >= 0.3 is 0 Å². The van der Waals surface area contributed by atoms with E-state index in [4.69, 9.17) is 0 Å². The van der Waals surface area contributed by atoms with E-state index < -0.39 is 0 Å². The molecule has 0 bridgehead atoms. The highest BCUT2D eigenvalue weighted by atomic mass is 19.1. The summed E-state index contributed by atoms with van der Waals surface area (Å²) in [6.07, 6.45) is 1.32. The third kappa shape index (κ3) is 3.00. The molecule has 2 rings (SSSR count). The Kier molecular flexibility index (Phi) is 3.47. The lowest BCUT2D eigenvalue weighted by Crippen LogP contribution is -2.10. The number of nitrogens with one attached hydrogen (secondary N) is 2. The zero-order valence-electron chi connectivity index (χ0n) is 9.64. The molecule has 0 spiro atoms. The van der Waals surface area contributed by atoms with Crippen LogP contribution in [0.4, 0.5) is 10.3 Å². The van der Waals surface area contributed by atoms with Crippen molar-refractivity contribution in [1.29, 1.82) is 0 Å². The van der Waals surface area contributed by atoms with E-state index in [9.17, 15) is 9.18 Å². The van der Waals surface area contributed by atoms with Crippen molar-refractivity contribution in [1.82, 2.24) is 9.97 Å². The fraction of sp³-hybridized carbons (Fsp3) is 0.0833. The van der Waals surface area contributed by atoms with Gasteiger partial charge in [-0.2, -0.15) is 5.10 Å². The number of hydrogen-bond acceptors (Lipinski definition) is 4. The largest absolute Gasteiger partial charge is 0.291 e. The third-order valence-electron chi connectivity index (χ3n) is 2.15. The van der Waals surface area contributed by atoms with E-state index in [0.717, 1.165) is 0 Å². The summed E-state index contributed by atoms with van der Waals surface area (Å²) in [5.74, 6) is -0.152. The second kappa shape index (κ2) is 5.22. The van der Waals surface area contributed by atoms with E-state index in [1.165, 1.54) is 18.3 Å². The van der Waals surface area contributed by atoms with Crippen molar-refractivity contribution < 1.29 is 4.39 Å². The number of aromatic amines is 1. The lowest BCUT2D eigenvalue weighted by molar-refractivity contribution is 0.626. The van der Waals surface area contributed by atoms with Crippen LogP contribution >= 0.6 is 0 Å². The number of H-pyrrole nitrogens is 1. The van der Waals surface area contributed by atoms with Gasteiger partial charge in [0, 0.05) is 17.3 Å². The Balaban J connectivity index is 2.12. The Hall–Kier alpha value is -2.50. The monoisotopic (exact) mass is 246 g/mol. The van der Waals surface area contributed by atoms with E-state index >= 15 is 0 Å². The van der Waals surface area contributed by atoms with Gasteiger partial charge in [-0.05, 0) is 13.0 Å². The van der Waals surface area contributed by atoms with Crippen LogP contribution in [0.3, 0.4) is 0 Å². The van der Waals surface area contributed by atoms with E-state index in [1.807, 2.05) is 0 Å². The normalized spacial score (nSPS) is 10.8. The van der Waals surface area contributed by atoms with Gasteiger partial charge in [0.05, 0.1) is 6.21 Å². The molecule has 1 aromatic carbocycles. The summed E-state index contributed by atoms with van der Waals surface area (Å²) in [4.78, 5) is 17.6. The number of aromatic nitrogens is 2. The third-order valence-corrected chi connectivity index (χ3v) is 2.15. The van der Waals surface area contributed by atoms with Crippen LogP contribution in [0.2, 0.25) is 0 Å². The Morgan fingerprint density at radius 2 is 2.22 bits per heavy atom. The average Bonchev–Trinajstić information content (AvgIpc) is 2.30. The van der Waals surface area contributed by atoms with E-state index in [-0.39, 0.29) is 17.3 Å². The highest BCUT2D eigenvalue weighted by Crippen LogP contribution is 2.03. The van der Waals surface area contributed by atoms with Crippen molar-refractivity contribution in [2.24, 2.45) is 5.10 Å². The van der Waals surface area contributed by atoms with Crippen LogP contribution in [-0.2, 0) is 0 Å². The van der Waals surface area contributed by atoms with Crippen LogP contribution in [-0.4, -0.2) is 16.2 Å². The van der Waals surface area contributed by atoms with E-state index in [2.05, 4.69) is 20.5 Å². The summed E-state index contributed by atoms with van der Waals surface area (Å²) in [6, 6.07) is 7.60. The number of anilines is 1. The lowest BCUT2D eigenvalue weighted by Gasteiger charge is -1.99. The Morgan fingerprint density at radius 3 is 2.94 bits per heavy atom. The first kappa shape index (κ1) is 12.0. The second-order valence-corrected chi connectivity index (χ2v) is 3.63. The van der Waals surface area contributed by atoms with Crippen molar-refractivity contribution in [3.63, 3.8) is 0 Å². The molecule has 0 aliphatic rings. The maximum Gasteiger partial charge on any atom is 0.252 e. The summed E-state index contributed by atoms with van der Waals surface area (Å²) >= 11 is 0. The molecule has 0 aliphatic heterocycles. The van der Waals surface area contributed by atoms with Gasteiger partial charge in [0.1, 0.15) is 5.82 Å². The van der Waals surface area contributed by atoms with Gasteiger partial charge < -0.3 is 0 Å². The van der Waals surface area contributed by atoms with E-state index in [0.29, 0.717) is 11.3 Å². The fourth-order valence-corrected chi connectivity index (χ4v) is 1.37. The molecule has 0 fully saturated rings. The van der Waals surface area contributed by atoms with Gasteiger partial charge in [-0.15, -0.1) is 0 Å². The van der Waals surface area contributed by atoms with Gasteiger partial charge in [0.2, 0.25) is 5.95 Å². The van der Waals surface area contributed by atoms with Crippen molar-refractivity contribution in [3.8, 4) is 0 Å². The van der Waals surface area contributed by atoms with Crippen LogP contribution in [0.15, 0.2) is 40.2 Å². The smallest absolute Gasteiger partial charge is 0.252 e. The molecule has 0 radical (unpaired) electrons. The number of hydrogen-bond donors (Lipinski definition) is 2. The molecule has 92 valence electrons. The molecule has 1 heterocycles. The van der Waals surface area contributed by atoms with Gasteiger partial charge in [-0.1, -0.05) is 18.2 Å². The molecule has 2 N–H and O–H groups in total. The number of halogens is 1. The maximum atomic E-state index is 13.3. The molecule has 2 aromatic rings. The van der Waals surface area contributed by atoms with E-state index in [1.54, 1.807) is 25.1 Å². The number of benzene rings is 1. The highest BCUT2D eigenvalue weighted by Gasteiger charge is 1.97. The minimum absolute atomic E-state index is 0.215. The van der Waals surface area contributed by atoms with Crippen molar-refractivity contribution in [2.45, 2.75) is 6.92 Å². The van der Waals surface area contributed by atoms with Gasteiger partial charge in [0.15, 0.2) is 0 Å². The molecular weight excluding hydrogens is 235 g/mol. The number of rotatable bonds is 3. The second-order valence-electron chi connectivity index (χ2n) is 3.63. The van der Waals surface area contributed by atoms with Gasteiger partial charge in [0.25, 0.3) is 5.56 Å². The SMILES string of the molecule is Cc1cc(=O)[nH]c(N/N=C\c2ccccc2F)n1. The lowest BCUT2D eigenvalue weighted by atomic mass is 10.2. The number of hydrazone groups is 1. The Labute approximate surface area is 102 Å². The predicted molar refractivity (Wildman–Crippen MR) is 67.2 cm³/mol. The molecule has 0 saturated heterocycles. The van der Waals surface area contributed by atoms with Crippen LogP contribution in [0.5, 0.6) is 0 Å². The first-order valence-electron chi connectivity index (χ1n) is 5.27. The maximum absolute atomic E-state index is 13.3. The molecule has 18 heavy (non-hydrogen) atoms. The molecule has 0 aliphatic carbocycles. The minimum Gasteiger partial charge on any atom is -0.291 e. The van der Waals surface area contributed by atoms with Gasteiger partial charge in [-0.3, -0.25) is 9.78 Å². The Bertz CT molecular complexity index is 636.